The minimum atomic E-state index is -0.199. The number of carbonyl (C=O) groups is 1. The smallest absolute Gasteiger partial charge is 0.240 e. The van der Waals surface area contributed by atoms with Crippen molar-refractivity contribution in [3.05, 3.63) is 48.0 Å². The van der Waals surface area contributed by atoms with Gasteiger partial charge in [-0.25, -0.2) is 4.98 Å². The van der Waals surface area contributed by atoms with Crippen molar-refractivity contribution in [3.8, 4) is 11.5 Å². The molecule has 1 N–H and O–H groups in total. The van der Waals surface area contributed by atoms with Crippen molar-refractivity contribution in [1.29, 1.82) is 0 Å². The van der Waals surface area contributed by atoms with Gasteiger partial charge in [-0.1, -0.05) is 29.5 Å². The number of aromatic hydroxyl groups is 1. The average molecular weight is 358 g/mol. The van der Waals surface area contributed by atoms with Gasteiger partial charge in [-0.3, -0.25) is 9.69 Å². The van der Waals surface area contributed by atoms with Crippen LogP contribution in [0.25, 0.3) is 10.2 Å². The van der Waals surface area contributed by atoms with Gasteiger partial charge in [0.2, 0.25) is 5.91 Å². The highest BCUT2D eigenvalue weighted by atomic mass is 32.2. The number of rotatable bonds is 3. The molecule has 0 saturated carbocycles. The molecule has 0 bridgehead atoms. The molecule has 1 aromatic heterocycles. The zero-order valence-electron chi connectivity index (χ0n) is 12.8. The number of hydrogen-bond acceptors (Lipinski definition) is 6. The van der Waals surface area contributed by atoms with Crippen LogP contribution in [-0.4, -0.2) is 28.9 Å². The Bertz CT molecular complexity index is 892. The molecule has 1 aliphatic heterocycles. The number of thioether (sulfide) groups is 1. The lowest BCUT2D eigenvalue weighted by Crippen LogP contribution is -2.27. The zero-order chi connectivity index (χ0) is 16.7. The Morgan fingerprint density at radius 2 is 2.12 bits per heavy atom. The number of hydrogen-bond donors (Lipinski definition) is 1. The minimum Gasteiger partial charge on any atom is -0.504 e. The lowest BCUT2D eigenvalue weighted by molar-refractivity contribution is -0.115. The van der Waals surface area contributed by atoms with Crippen molar-refractivity contribution in [3.63, 3.8) is 0 Å². The number of phenols is 1. The fourth-order valence-corrected chi connectivity index (χ4v) is 4.92. The lowest BCUT2D eigenvalue weighted by atomic mass is 10.2. The molecule has 2 heterocycles. The molecule has 1 atom stereocenters. The predicted octanol–water partition coefficient (Wildman–Crippen LogP) is 3.79. The van der Waals surface area contributed by atoms with Crippen LogP contribution < -0.4 is 9.64 Å². The van der Waals surface area contributed by atoms with Crippen LogP contribution in [0.4, 0.5) is 5.13 Å². The van der Waals surface area contributed by atoms with E-state index in [0.717, 1.165) is 15.8 Å². The first-order valence-corrected chi connectivity index (χ1v) is 9.20. The molecule has 1 unspecified atom stereocenters. The summed E-state index contributed by atoms with van der Waals surface area (Å²) >= 11 is 3.03. The Hall–Kier alpha value is -2.25. The monoisotopic (exact) mass is 358 g/mol. The van der Waals surface area contributed by atoms with E-state index in [1.165, 1.54) is 30.2 Å². The van der Waals surface area contributed by atoms with E-state index in [0.29, 0.717) is 16.6 Å². The first kappa shape index (κ1) is 15.3. The molecule has 3 aromatic rings. The first-order valence-electron chi connectivity index (χ1n) is 7.33. The topological polar surface area (TPSA) is 62.7 Å². The summed E-state index contributed by atoms with van der Waals surface area (Å²) in [6.45, 7) is 0. The molecule has 7 heteroatoms. The van der Waals surface area contributed by atoms with E-state index in [2.05, 4.69) is 4.98 Å². The van der Waals surface area contributed by atoms with E-state index < -0.39 is 0 Å². The fourth-order valence-electron chi connectivity index (χ4n) is 2.70. The first-order chi connectivity index (χ1) is 11.7. The Balaban J connectivity index is 1.75. The number of aromatic nitrogens is 1. The van der Waals surface area contributed by atoms with E-state index in [1.54, 1.807) is 17.0 Å². The van der Waals surface area contributed by atoms with Crippen LogP contribution in [0.2, 0.25) is 0 Å². The number of benzene rings is 2. The molecule has 4 rings (SSSR count). The Labute approximate surface area is 146 Å². The Morgan fingerprint density at radius 3 is 2.88 bits per heavy atom. The third kappa shape index (κ3) is 2.50. The quantitative estimate of drug-likeness (QED) is 0.772. The summed E-state index contributed by atoms with van der Waals surface area (Å²) in [5.41, 5.74) is 1.74. The van der Waals surface area contributed by atoms with E-state index >= 15 is 0 Å². The summed E-state index contributed by atoms with van der Waals surface area (Å²) in [6.07, 6.45) is 0. The summed E-state index contributed by atoms with van der Waals surface area (Å²) in [5, 5.41) is 10.5. The highest BCUT2D eigenvalue weighted by Crippen LogP contribution is 2.45. The van der Waals surface area contributed by atoms with Crippen molar-refractivity contribution >= 4 is 44.4 Å². The lowest BCUT2D eigenvalue weighted by Gasteiger charge is -2.21. The molecule has 24 heavy (non-hydrogen) atoms. The number of fused-ring (bicyclic) bond motifs is 1. The fraction of sp³-hybridized carbons (Fsp3) is 0.176. The number of anilines is 1. The van der Waals surface area contributed by atoms with Crippen molar-refractivity contribution in [2.45, 2.75) is 5.37 Å². The van der Waals surface area contributed by atoms with E-state index in [4.69, 9.17) is 4.74 Å². The highest BCUT2D eigenvalue weighted by Gasteiger charge is 2.36. The zero-order valence-corrected chi connectivity index (χ0v) is 14.4. The molecule has 1 aliphatic rings. The van der Waals surface area contributed by atoms with Gasteiger partial charge in [-0.2, -0.15) is 0 Å². The third-order valence-corrected chi connectivity index (χ3v) is 6.09. The predicted molar refractivity (Wildman–Crippen MR) is 97.0 cm³/mol. The molecule has 0 spiro atoms. The Kier molecular flexibility index (Phi) is 3.82. The van der Waals surface area contributed by atoms with Crippen molar-refractivity contribution < 1.29 is 14.6 Å². The third-order valence-electron chi connectivity index (χ3n) is 3.84. The van der Waals surface area contributed by atoms with E-state index in [-0.39, 0.29) is 17.0 Å². The number of ether oxygens (including phenoxy) is 1. The molecule has 0 aliphatic carbocycles. The average Bonchev–Trinajstić information content (AvgIpc) is 3.17. The standard InChI is InChI=1S/C17H14N2O3S2/c1-22-13-7-6-10(8-12(13)20)16-19(15(21)9-23-16)17-18-11-4-2-3-5-14(11)24-17/h2-8,16,20H,9H2,1H3. The molecule has 1 fully saturated rings. The SMILES string of the molecule is COc1ccc(C2SCC(=O)N2c2nc3ccccc3s2)cc1O. The van der Waals surface area contributed by atoms with Gasteiger partial charge in [0, 0.05) is 0 Å². The number of carbonyl (C=O) groups excluding carboxylic acids is 1. The molecule has 5 nitrogen and oxygen atoms in total. The number of amides is 1. The maximum absolute atomic E-state index is 12.4. The summed E-state index contributed by atoms with van der Waals surface area (Å²) in [7, 11) is 1.51. The van der Waals surface area contributed by atoms with Gasteiger partial charge in [0.1, 0.15) is 5.37 Å². The highest BCUT2D eigenvalue weighted by molar-refractivity contribution is 8.00. The van der Waals surface area contributed by atoms with Gasteiger partial charge in [0.15, 0.2) is 16.6 Å². The van der Waals surface area contributed by atoms with Crippen LogP contribution in [0.5, 0.6) is 11.5 Å². The molecule has 0 radical (unpaired) electrons. The van der Waals surface area contributed by atoms with Crippen LogP contribution in [0.1, 0.15) is 10.9 Å². The second kappa shape index (κ2) is 5.99. The van der Waals surface area contributed by atoms with E-state index in [9.17, 15) is 9.90 Å². The number of para-hydroxylation sites is 1. The number of thiazole rings is 1. The molecule has 122 valence electrons. The minimum absolute atomic E-state index is 0.0272. The van der Waals surface area contributed by atoms with Crippen LogP contribution in [0.15, 0.2) is 42.5 Å². The largest absolute Gasteiger partial charge is 0.504 e. The van der Waals surface area contributed by atoms with Crippen LogP contribution in [0.3, 0.4) is 0 Å². The molecule has 2 aromatic carbocycles. The normalized spacial score (nSPS) is 17.6. The van der Waals surface area contributed by atoms with Crippen molar-refractivity contribution in [1.82, 2.24) is 4.98 Å². The Morgan fingerprint density at radius 1 is 1.29 bits per heavy atom. The molecule has 1 amide bonds. The van der Waals surface area contributed by atoms with Gasteiger partial charge in [-0.05, 0) is 29.8 Å². The maximum atomic E-state index is 12.4. The summed E-state index contributed by atoms with van der Waals surface area (Å²) in [5.74, 6) is 0.908. The van der Waals surface area contributed by atoms with Gasteiger partial charge >= 0.3 is 0 Å². The van der Waals surface area contributed by atoms with Crippen LogP contribution >= 0.6 is 23.1 Å². The molecule has 1 saturated heterocycles. The summed E-state index contributed by atoms with van der Waals surface area (Å²) in [6, 6.07) is 13.1. The van der Waals surface area contributed by atoms with Gasteiger partial charge < -0.3 is 9.84 Å². The number of phenolic OH excluding ortho intramolecular Hbond substituents is 1. The van der Waals surface area contributed by atoms with Crippen LogP contribution in [-0.2, 0) is 4.79 Å². The van der Waals surface area contributed by atoms with Gasteiger partial charge in [0.05, 0.1) is 23.1 Å². The number of methoxy groups -OCH3 is 1. The van der Waals surface area contributed by atoms with Crippen molar-refractivity contribution in [2.24, 2.45) is 0 Å². The second-order valence-corrected chi connectivity index (χ2v) is 7.40. The molecular formula is C17H14N2O3S2. The molecular weight excluding hydrogens is 344 g/mol. The van der Waals surface area contributed by atoms with Crippen LogP contribution in [0, 0.1) is 0 Å². The van der Waals surface area contributed by atoms with E-state index in [1.807, 2.05) is 30.3 Å². The second-order valence-electron chi connectivity index (χ2n) is 5.32. The number of nitrogens with zero attached hydrogens (tertiary/aromatic N) is 2. The maximum Gasteiger partial charge on any atom is 0.240 e. The van der Waals surface area contributed by atoms with Gasteiger partial charge in [0.25, 0.3) is 0 Å². The van der Waals surface area contributed by atoms with Crippen molar-refractivity contribution in [2.75, 3.05) is 17.8 Å². The van der Waals surface area contributed by atoms with Gasteiger partial charge in [-0.15, -0.1) is 11.8 Å². The summed E-state index contributed by atoms with van der Waals surface area (Å²) < 4.78 is 6.14. The summed E-state index contributed by atoms with van der Waals surface area (Å²) in [4.78, 5) is 18.7.